The third-order valence-electron chi connectivity index (χ3n) is 6.63. The van der Waals surface area contributed by atoms with Crippen LogP contribution in [0, 0.1) is 18.7 Å². The van der Waals surface area contributed by atoms with Gasteiger partial charge in [-0.25, -0.2) is 4.39 Å². The zero-order valence-corrected chi connectivity index (χ0v) is 20.5. The van der Waals surface area contributed by atoms with Crippen molar-refractivity contribution in [3.05, 3.63) is 83.2 Å². The van der Waals surface area contributed by atoms with Crippen LogP contribution in [0.25, 0.3) is 11.1 Å². The van der Waals surface area contributed by atoms with Crippen molar-refractivity contribution >= 4 is 17.4 Å². The number of rotatable bonds is 7. The van der Waals surface area contributed by atoms with E-state index in [1.54, 1.807) is 36.4 Å². The van der Waals surface area contributed by atoms with Crippen LogP contribution < -0.4 is 9.75 Å². The van der Waals surface area contributed by atoms with Crippen LogP contribution in [0.15, 0.2) is 65.8 Å². The summed E-state index contributed by atoms with van der Waals surface area (Å²) in [4.78, 5) is 11.3. The van der Waals surface area contributed by atoms with Gasteiger partial charge in [0.05, 0.1) is 25.3 Å². The van der Waals surface area contributed by atoms with E-state index in [-0.39, 0.29) is 5.82 Å². The number of halogens is 4. The number of hydrogen-bond donors (Lipinski definition) is 1. The molecule has 0 amide bonds. The Morgan fingerprint density at radius 3 is 2.38 bits per heavy atom. The molecule has 0 saturated carbocycles. The number of benzene rings is 3. The highest BCUT2D eigenvalue weighted by molar-refractivity contribution is 5.96. The third kappa shape index (κ3) is 5.60. The first-order chi connectivity index (χ1) is 17.5. The summed E-state index contributed by atoms with van der Waals surface area (Å²) in [5, 5.41) is 14.1. The van der Waals surface area contributed by atoms with E-state index in [4.69, 9.17) is 4.74 Å². The molecule has 1 aliphatic heterocycles. The molecule has 0 saturated heterocycles. The van der Waals surface area contributed by atoms with E-state index in [0.717, 1.165) is 27.3 Å². The standard InChI is InChI=1S/C28H26F4N2O3/c1-16-12-20(23-14-22(37-3)10-11-24(23)29)7-6-19(16)13-18-4-8-21(9-5-18)34-25(15-26(35)36)17(2)27(33-34)28(30,31)32/h4-12,14,17,25H,13,15H2,1-3H3,(H,35,36)/t17-,25-/m0/s1. The number of hydrazone groups is 1. The van der Waals surface area contributed by atoms with Gasteiger partial charge in [0.2, 0.25) is 0 Å². The number of ether oxygens (including phenoxy) is 1. The van der Waals surface area contributed by atoms with E-state index in [1.807, 2.05) is 25.1 Å². The summed E-state index contributed by atoms with van der Waals surface area (Å²) in [5.74, 6) is -2.06. The van der Waals surface area contributed by atoms with E-state index in [0.29, 0.717) is 23.4 Å². The third-order valence-corrected chi connectivity index (χ3v) is 6.63. The lowest BCUT2D eigenvalue weighted by atomic mass is 9.94. The quantitative estimate of drug-likeness (QED) is 0.360. The van der Waals surface area contributed by atoms with E-state index in [2.05, 4.69) is 5.10 Å². The molecule has 0 fully saturated rings. The van der Waals surface area contributed by atoms with E-state index < -0.39 is 36.2 Å². The van der Waals surface area contributed by atoms with Crippen molar-refractivity contribution in [1.29, 1.82) is 0 Å². The highest BCUT2D eigenvalue weighted by atomic mass is 19.4. The van der Waals surface area contributed by atoms with Gasteiger partial charge < -0.3 is 9.84 Å². The minimum absolute atomic E-state index is 0.350. The van der Waals surface area contributed by atoms with Gasteiger partial charge in [0, 0.05) is 11.5 Å². The molecule has 194 valence electrons. The summed E-state index contributed by atoms with van der Waals surface area (Å²) in [6.45, 7) is 3.28. The molecule has 3 aromatic rings. The Morgan fingerprint density at radius 2 is 1.78 bits per heavy atom. The van der Waals surface area contributed by atoms with E-state index >= 15 is 0 Å². The maximum Gasteiger partial charge on any atom is 0.431 e. The molecule has 0 aliphatic carbocycles. The molecule has 5 nitrogen and oxygen atoms in total. The number of carbonyl (C=O) groups is 1. The van der Waals surface area contributed by atoms with Crippen LogP contribution >= 0.6 is 0 Å². The Labute approximate surface area is 212 Å². The van der Waals surface area contributed by atoms with Gasteiger partial charge in [-0.05, 0) is 65.9 Å². The molecule has 1 heterocycles. The van der Waals surface area contributed by atoms with Gasteiger partial charge in [-0.15, -0.1) is 0 Å². The summed E-state index contributed by atoms with van der Waals surface area (Å²) >= 11 is 0. The number of anilines is 1. The first-order valence-electron chi connectivity index (χ1n) is 11.7. The van der Waals surface area contributed by atoms with Gasteiger partial charge in [-0.1, -0.05) is 37.3 Å². The Hall–Kier alpha value is -3.88. The SMILES string of the molecule is COc1ccc(F)c(-c2ccc(Cc3ccc(N4N=C(C(F)(F)F)[C@@H](C)[C@@H]4CC(=O)O)cc3)c(C)c2)c1. The lowest BCUT2D eigenvalue weighted by Gasteiger charge is -2.25. The minimum Gasteiger partial charge on any atom is -0.497 e. The molecule has 0 bridgehead atoms. The summed E-state index contributed by atoms with van der Waals surface area (Å²) < 4.78 is 59.8. The van der Waals surface area contributed by atoms with Crippen LogP contribution in [0.3, 0.4) is 0 Å². The number of alkyl halides is 3. The Morgan fingerprint density at radius 1 is 1.08 bits per heavy atom. The number of carboxylic acid groups (broad SMARTS) is 1. The fraction of sp³-hybridized carbons (Fsp3) is 0.286. The molecule has 0 spiro atoms. The first kappa shape index (κ1) is 26.2. The zero-order chi connectivity index (χ0) is 26.9. The van der Waals surface area contributed by atoms with Crippen LogP contribution in [-0.4, -0.2) is 36.1 Å². The second-order valence-corrected chi connectivity index (χ2v) is 9.11. The average molecular weight is 515 g/mol. The van der Waals surface area contributed by atoms with Gasteiger partial charge in [0.25, 0.3) is 0 Å². The maximum atomic E-state index is 14.4. The van der Waals surface area contributed by atoms with E-state index in [9.17, 15) is 27.5 Å². The summed E-state index contributed by atoms with van der Waals surface area (Å²) in [6, 6.07) is 16.2. The first-order valence-corrected chi connectivity index (χ1v) is 11.7. The molecular formula is C28H26F4N2O3. The van der Waals surface area contributed by atoms with Crippen LogP contribution in [-0.2, 0) is 11.2 Å². The molecule has 9 heteroatoms. The zero-order valence-electron chi connectivity index (χ0n) is 20.5. The van der Waals surface area contributed by atoms with Crippen LogP contribution in [0.1, 0.15) is 30.0 Å². The molecule has 3 aromatic carbocycles. The Bertz CT molecular complexity index is 1340. The molecule has 0 unspecified atom stereocenters. The van der Waals surface area contributed by atoms with Crippen molar-refractivity contribution in [1.82, 2.24) is 0 Å². The fourth-order valence-electron chi connectivity index (χ4n) is 4.58. The predicted octanol–water partition coefficient (Wildman–Crippen LogP) is 6.62. The molecular weight excluding hydrogens is 488 g/mol. The van der Waals surface area contributed by atoms with Gasteiger partial charge in [0.1, 0.15) is 17.3 Å². The van der Waals surface area contributed by atoms with Gasteiger partial charge >= 0.3 is 12.1 Å². The van der Waals surface area contributed by atoms with E-state index in [1.165, 1.54) is 20.1 Å². The lowest BCUT2D eigenvalue weighted by Crippen LogP contribution is -2.36. The number of nitrogens with zero attached hydrogens (tertiary/aromatic N) is 2. The number of aliphatic carboxylic acids is 1. The number of carboxylic acids is 1. The monoisotopic (exact) mass is 514 g/mol. The molecule has 4 rings (SSSR count). The summed E-state index contributed by atoms with van der Waals surface area (Å²) in [7, 11) is 1.52. The fourth-order valence-corrected chi connectivity index (χ4v) is 4.58. The lowest BCUT2D eigenvalue weighted by molar-refractivity contribution is -0.137. The van der Waals surface area contributed by atoms with Crippen LogP contribution in [0.2, 0.25) is 0 Å². The summed E-state index contributed by atoms with van der Waals surface area (Å²) in [5.41, 5.74) is 3.45. The topological polar surface area (TPSA) is 62.1 Å². The Balaban J connectivity index is 1.55. The Kier molecular flexibility index (Phi) is 7.25. The van der Waals surface area contributed by atoms with Gasteiger partial charge in [-0.2, -0.15) is 18.3 Å². The largest absolute Gasteiger partial charge is 0.497 e. The van der Waals surface area contributed by atoms with Crippen molar-refractivity contribution in [3.8, 4) is 16.9 Å². The van der Waals surface area contributed by atoms with Crippen LogP contribution in [0.4, 0.5) is 23.2 Å². The highest BCUT2D eigenvalue weighted by Crippen LogP contribution is 2.36. The molecule has 1 N–H and O–H groups in total. The maximum absolute atomic E-state index is 14.4. The molecule has 0 radical (unpaired) electrons. The second-order valence-electron chi connectivity index (χ2n) is 9.11. The van der Waals surface area contributed by atoms with Crippen molar-refractivity contribution < 1.29 is 32.2 Å². The van der Waals surface area contributed by atoms with Crippen molar-refractivity contribution in [2.24, 2.45) is 11.0 Å². The highest BCUT2D eigenvalue weighted by Gasteiger charge is 2.48. The second kappa shape index (κ2) is 10.2. The normalized spacial score (nSPS) is 17.6. The van der Waals surface area contributed by atoms with Gasteiger partial charge in [-0.3, -0.25) is 9.80 Å². The minimum atomic E-state index is -4.64. The summed E-state index contributed by atoms with van der Waals surface area (Å²) in [6.07, 6.45) is -4.55. The number of methoxy groups -OCH3 is 1. The van der Waals surface area contributed by atoms with Crippen LogP contribution in [0.5, 0.6) is 5.75 Å². The number of hydrogen-bond acceptors (Lipinski definition) is 4. The van der Waals surface area contributed by atoms with Crippen molar-refractivity contribution in [3.63, 3.8) is 0 Å². The molecule has 37 heavy (non-hydrogen) atoms. The molecule has 0 aromatic heterocycles. The molecule has 2 atom stereocenters. The van der Waals surface area contributed by atoms with Crippen molar-refractivity contribution in [2.45, 2.75) is 38.9 Å². The number of aryl methyl sites for hydroxylation is 1. The average Bonchev–Trinajstić information content (AvgIpc) is 3.17. The van der Waals surface area contributed by atoms with Crippen molar-refractivity contribution in [2.75, 3.05) is 12.1 Å². The van der Waals surface area contributed by atoms with Gasteiger partial charge in [0.15, 0.2) is 0 Å². The molecule has 1 aliphatic rings. The smallest absolute Gasteiger partial charge is 0.431 e. The predicted molar refractivity (Wildman–Crippen MR) is 134 cm³/mol.